The zero-order chi connectivity index (χ0) is 25.2. The number of amides is 2. The highest BCUT2D eigenvalue weighted by Gasteiger charge is 2.55. The van der Waals surface area contributed by atoms with E-state index in [1.54, 1.807) is 20.8 Å². The van der Waals surface area contributed by atoms with Crippen LogP contribution in [0.2, 0.25) is 0 Å². The predicted octanol–water partition coefficient (Wildman–Crippen LogP) is 0.130. The zero-order valence-electron chi connectivity index (χ0n) is 18.7. The fourth-order valence-corrected chi connectivity index (χ4v) is 4.94. The number of anilines is 1. The molecule has 34 heavy (non-hydrogen) atoms. The number of nitrogen functional groups attached to an aromatic ring is 1. The Balaban J connectivity index is 1.74. The molecule has 2 aliphatic heterocycles. The Morgan fingerprint density at radius 2 is 2.09 bits per heavy atom. The third-order valence-electron chi connectivity index (χ3n) is 4.41. The number of β-lactam (4-membered cyclic amide) rings is 1. The number of carbonyl (C=O) groups is 4. The fourth-order valence-electron chi connectivity index (χ4n) is 3.08. The molecular formula is C19H23N5O8S2. The van der Waals surface area contributed by atoms with E-state index < -0.39 is 47.4 Å². The summed E-state index contributed by atoms with van der Waals surface area (Å²) in [4.78, 5) is 59.2. The monoisotopic (exact) mass is 513 g/mol. The van der Waals surface area contributed by atoms with Crippen molar-refractivity contribution >= 4 is 57.7 Å². The topological polar surface area (TPSA) is 183 Å². The van der Waals surface area contributed by atoms with Crippen LogP contribution in [0.4, 0.5) is 5.13 Å². The number of fused-ring (bicyclic) bond motifs is 1. The molecule has 13 nitrogen and oxygen atoms in total. The van der Waals surface area contributed by atoms with Crippen LogP contribution in [0.25, 0.3) is 0 Å². The lowest BCUT2D eigenvalue weighted by molar-refractivity contribution is -0.160. The molecule has 1 aromatic rings. The van der Waals surface area contributed by atoms with Gasteiger partial charge in [0.15, 0.2) is 16.5 Å². The number of oxime groups is 1. The quantitative estimate of drug-likeness (QED) is 0.186. The summed E-state index contributed by atoms with van der Waals surface area (Å²) in [6, 6.07) is -1.02. The van der Waals surface area contributed by atoms with Gasteiger partial charge in [0.25, 0.3) is 11.8 Å². The second-order valence-electron chi connectivity index (χ2n) is 8.01. The minimum absolute atomic E-state index is 0.0805. The van der Waals surface area contributed by atoms with Gasteiger partial charge >= 0.3 is 11.9 Å². The maximum atomic E-state index is 13.0. The van der Waals surface area contributed by atoms with Gasteiger partial charge in [0.1, 0.15) is 28.5 Å². The molecule has 0 aliphatic carbocycles. The molecule has 0 saturated carbocycles. The molecule has 2 amide bonds. The number of aliphatic carboxylic acids is 1. The number of aromatic nitrogens is 1. The molecule has 1 saturated heterocycles. The van der Waals surface area contributed by atoms with E-state index in [2.05, 4.69) is 15.5 Å². The van der Waals surface area contributed by atoms with Crippen molar-refractivity contribution in [2.24, 2.45) is 5.16 Å². The van der Waals surface area contributed by atoms with Gasteiger partial charge < -0.3 is 30.5 Å². The van der Waals surface area contributed by atoms with Gasteiger partial charge in [-0.3, -0.25) is 14.5 Å². The van der Waals surface area contributed by atoms with Crippen LogP contribution < -0.4 is 11.1 Å². The highest BCUT2D eigenvalue weighted by Crippen LogP contribution is 2.40. The molecule has 2 atom stereocenters. The van der Waals surface area contributed by atoms with E-state index in [1.807, 2.05) is 0 Å². The van der Waals surface area contributed by atoms with Crippen LogP contribution in [0, 0.1) is 0 Å². The predicted molar refractivity (Wildman–Crippen MR) is 122 cm³/mol. The van der Waals surface area contributed by atoms with Crippen molar-refractivity contribution in [3.05, 3.63) is 22.5 Å². The summed E-state index contributed by atoms with van der Waals surface area (Å²) in [5.41, 5.74) is 4.43. The summed E-state index contributed by atoms with van der Waals surface area (Å²) in [6.45, 7) is 4.50. The number of carboxylic acids is 1. The summed E-state index contributed by atoms with van der Waals surface area (Å²) in [7, 11) is 1.32. The van der Waals surface area contributed by atoms with E-state index >= 15 is 0 Å². The molecule has 2 unspecified atom stereocenters. The molecule has 15 heteroatoms. The zero-order valence-corrected chi connectivity index (χ0v) is 20.3. The van der Waals surface area contributed by atoms with E-state index in [0.717, 1.165) is 16.2 Å². The first kappa shape index (κ1) is 25.3. The Labute approximate surface area is 202 Å². The van der Waals surface area contributed by atoms with Gasteiger partial charge in [0, 0.05) is 5.38 Å². The highest BCUT2D eigenvalue weighted by atomic mass is 32.2. The van der Waals surface area contributed by atoms with Gasteiger partial charge in [0.05, 0.1) is 12.9 Å². The van der Waals surface area contributed by atoms with Gasteiger partial charge in [-0.1, -0.05) is 5.16 Å². The van der Waals surface area contributed by atoms with E-state index in [4.69, 9.17) is 20.0 Å². The van der Waals surface area contributed by atoms with Crippen molar-refractivity contribution in [3.63, 3.8) is 0 Å². The average molecular weight is 514 g/mol. The summed E-state index contributed by atoms with van der Waals surface area (Å²) >= 11 is 2.29. The lowest BCUT2D eigenvalue weighted by Crippen LogP contribution is -2.71. The number of methoxy groups -OCH3 is 1. The highest BCUT2D eigenvalue weighted by molar-refractivity contribution is 8.00. The van der Waals surface area contributed by atoms with Gasteiger partial charge in [-0.25, -0.2) is 14.6 Å². The Kier molecular flexibility index (Phi) is 7.35. The number of carbonyl (C=O) groups excluding carboxylic acids is 3. The Hall–Kier alpha value is -3.33. The second-order valence-corrected chi connectivity index (χ2v) is 10.0. The van der Waals surface area contributed by atoms with Gasteiger partial charge in [0.2, 0.25) is 6.61 Å². The number of nitrogens with one attached hydrogen (secondary N) is 1. The molecular weight excluding hydrogens is 490 g/mol. The molecule has 184 valence electrons. The second kappa shape index (κ2) is 9.89. The molecule has 4 N–H and O–H groups in total. The number of rotatable bonds is 8. The van der Waals surface area contributed by atoms with E-state index in [1.165, 1.54) is 24.3 Å². The Morgan fingerprint density at radius 1 is 1.38 bits per heavy atom. The van der Waals surface area contributed by atoms with Crippen LogP contribution in [0.15, 0.2) is 22.0 Å². The smallest absolute Gasteiger partial charge is 0.356 e. The van der Waals surface area contributed by atoms with Crippen molar-refractivity contribution in [2.75, 3.05) is 25.2 Å². The summed E-state index contributed by atoms with van der Waals surface area (Å²) < 4.78 is 10.2. The molecule has 3 rings (SSSR count). The molecule has 0 bridgehead atoms. The first-order valence-electron chi connectivity index (χ1n) is 9.82. The number of thioether (sulfide) groups is 1. The molecule has 1 fully saturated rings. The van der Waals surface area contributed by atoms with Crippen LogP contribution in [0.5, 0.6) is 0 Å². The number of nitrogens with two attached hydrogens (primary N) is 1. The summed E-state index contributed by atoms with van der Waals surface area (Å²) in [6.07, 6.45) is 0. The normalized spacial score (nSPS) is 20.3. The summed E-state index contributed by atoms with van der Waals surface area (Å²) in [5.74, 6) is -3.07. The molecule has 0 radical (unpaired) electrons. The van der Waals surface area contributed by atoms with Crippen molar-refractivity contribution in [1.29, 1.82) is 0 Å². The third-order valence-corrected chi connectivity index (χ3v) is 6.33. The van der Waals surface area contributed by atoms with Crippen LogP contribution in [0.1, 0.15) is 26.5 Å². The molecule has 1 aromatic heterocycles. The number of thiazole rings is 1. The third kappa shape index (κ3) is 5.41. The maximum Gasteiger partial charge on any atom is 0.356 e. The van der Waals surface area contributed by atoms with Crippen molar-refractivity contribution in [3.8, 4) is 0 Å². The fraction of sp³-hybridized carbons (Fsp3) is 0.474. The van der Waals surface area contributed by atoms with Crippen molar-refractivity contribution < 1.29 is 38.6 Å². The van der Waals surface area contributed by atoms with Crippen LogP contribution in [0.3, 0.4) is 0 Å². The number of carboxylic acid groups (broad SMARTS) is 1. The van der Waals surface area contributed by atoms with Crippen LogP contribution in [-0.4, -0.2) is 80.9 Å². The lowest BCUT2D eigenvalue weighted by atomic mass is 10.0. The van der Waals surface area contributed by atoms with Gasteiger partial charge in [-0.2, -0.15) is 0 Å². The molecule has 3 heterocycles. The first-order chi connectivity index (χ1) is 15.9. The van der Waals surface area contributed by atoms with Crippen molar-refractivity contribution in [1.82, 2.24) is 15.2 Å². The SMILES string of the molecule is COC1=C(C(=O)O)N2C(=O)C(NC(=O)/C(=N/OCC(=O)OC(C)(C)C)c3csc(N)n3)C2SC1. The lowest BCUT2D eigenvalue weighted by Gasteiger charge is -2.48. The number of nitrogens with zero attached hydrogens (tertiary/aromatic N) is 3. The summed E-state index contributed by atoms with van der Waals surface area (Å²) in [5, 5.41) is 16.7. The van der Waals surface area contributed by atoms with Crippen LogP contribution in [-0.2, 0) is 33.5 Å². The standard InChI is InChI=1S/C19H23N5O8S2/c1-19(2,3)32-10(25)5-31-23-11(8-6-34-18(20)21-8)14(26)22-12-15(27)24-13(17(28)29)9(30-4)7-33-16(12)24/h6,12,16H,5,7H2,1-4H3,(H2,20,21)(H,22,26)(H,28,29)/b23-11+. The molecule has 2 aliphatic rings. The Morgan fingerprint density at radius 3 is 2.65 bits per heavy atom. The first-order valence-corrected chi connectivity index (χ1v) is 11.7. The van der Waals surface area contributed by atoms with E-state index in [-0.39, 0.29) is 33.7 Å². The average Bonchev–Trinajstić information content (AvgIpc) is 3.18. The maximum absolute atomic E-state index is 13.0. The largest absolute Gasteiger partial charge is 0.498 e. The number of hydrogen-bond acceptors (Lipinski definition) is 12. The van der Waals surface area contributed by atoms with Gasteiger partial charge in [-0.05, 0) is 20.8 Å². The van der Waals surface area contributed by atoms with E-state index in [0.29, 0.717) is 0 Å². The van der Waals surface area contributed by atoms with Gasteiger partial charge in [-0.15, -0.1) is 23.1 Å². The van der Waals surface area contributed by atoms with Crippen LogP contribution >= 0.6 is 23.1 Å². The number of ether oxygens (including phenoxy) is 2. The Bertz CT molecular complexity index is 1080. The number of esters is 1. The minimum Gasteiger partial charge on any atom is -0.498 e. The molecule has 0 aromatic carbocycles. The van der Waals surface area contributed by atoms with Crippen molar-refractivity contribution in [2.45, 2.75) is 37.8 Å². The molecule has 0 spiro atoms. The van der Waals surface area contributed by atoms with E-state index in [9.17, 15) is 24.3 Å². The minimum atomic E-state index is -1.31. The number of hydrogen-bond donors (Lipinski definition) is 3.